The zero-order valence-electron chi connectivity index (χ0n) is 15.3. The van der Waals surface area contributed by atoms with Gasteiger partial charge in [-0.1, -0.05) is 55.3 Å². The van der Waals surface area contributed by atoms with Gasteiger partial charge in [0.05, 0.1) is 19.2 Å². The third kappa shape index (κ3) is 3.03. The zero-order chi connectivity index (χ0) is 18.1. The molecular weight excluding hydrogens is 326 g/mol. The topological polar surface area (TPSA) is 64.9 Å². The Morgan fingerprint density at radius 3 is 2.38 bits per heavy atom. The highest BCUT2D eigenvalue weighted by atomic mass is 16.5. The molecule has 2 atom stereocenters. The Morgan fingerprint density at radius 1 is 1.04 bits per heavy atom. The van der Waals surface area contributed by atoms with Crippen LogP contribution >= 0.6 is 0 Å². The van der Waals surface area contributed by atoms with Crippen molar-refractivity contribution in [1.29, 1.82) is 0 Å². The number of ether oxygens (including phenoxy) is 1. The molecule has 2 heterocycles. The molecule has 0 radical (unpaired) electrons. The minimum absolute atomic E-state index is 0.0851. The number of rotatable bonds is 4. The summed E-state index contributed by atoms with van der Waals surface area (Å²) in [4.78, 5) is 0. The highest BCUT2D eigenvalue weighted by Gasteiger charge is 2.30. The molecule has 4 rings (SSSR count). The second kappa shape index (κ2) is 6.78. The average Bonchev–Trinajstić information content (AvgIpc) is 3.16. The van der Waals surface area contributed by atoms with Crippen molar-refractivity contribution in [3.05, 3.63) is 65.2 Å². The lowest BCUT2D eigenvalue weighted by Crippen LogP contribution is -2.28. The highest BCUT2D eigenvalue weighted by Crippen LogP contribution is 2.37. The number of hydrogen-bond acceptors (Lipinski definition) is 5. The molecule has 6 heteroatoms. The Morgan fingerprint density at radius 2 is 1.73 bits per heavy atom. The van der Waals surface area contributed by atoms with Crippen LogP contribution < -0.4 is 10.1 Å². The lowest BCUT2D eigenvalue weighted by molar-refractivity contribution is 0.410. The third-order valence-corrected chi connectivity index (χ3v) is 5.06. The first-order valence-electron chi connectivity index (χ1n) is 8.94. The molecule has 1 aromatic heterocycles. The first-order chi connectivity index (χ1) is 12.7. The van der Waals surface area contributed by atoms with Crippen LogP contribution in [-0.4, -0.2) is 27.3 Å². The van der Waals surface area contributed by atoms with Crippen LogP contribution in [-0.2, 0) is 0 Å². The minimum Gasteiger partial charge on any atom is -0.497 e. The van der Waals surface area contributed by atoms with Crippen LogP contribution in [0.1, 0.15) is 55.0 Å². The van der Waals surface area contributed by atoms with Gasteiger partial charge in [0.2, 0.25) is 5.95 Å². The monoisotopic (exact) mass is 349 g/mol. The number of fused-ring (bicyclic) bond motifs is 1. The maximum atomic E-state index is 5.27. The van der Waals surface area contributed by atoms with E-state index in [0.717, 1.165) is 12.2 Å². The Kier molecular flexibility index (Phi) is 4.32. The van der Waals surface area contributed by atoms with E-state index in [0.29, 0.717) is 11.9 Å². The Bertz CT molecular complexity index is 870. The van der Waals surface area contributed by atoms with E-state index < -0.39 is 0 Å². The van der Waals surface area contributed by atoms with Gasteiger partial charge in [-0.3, -0.25) is 0 Å². The normalized spacial score (nSPS) is 19.1. The number of hydrogen-bond donors (Lipinski definition) is 1. The predicted octanol–water partition coefficient (Wildman–Crippen LogP) is 3.95. The van der Waals surface area contributed by atoms with Gasteiger partial charge in [0, 0.05) is 0 Å². The van der Waals surface area contributed by atoms with E-state index in [1.165, 1.54) is 16.7 Å². The molecule has 134 valence electrons. The molecule has 26 heavy (non-hydrogen) atoms. The maximum Gasteiger partial charge on any atom is 0.243 e. The van der Waals surface area contributed by atoms with Gasteiger partial charge in [-0.25, -0.2) is 4.68 Å². The van der Waals surface area contributed by atoms with Gasteiger partial charge >= 0.3 is 0 Å². The van der Waals surface area contributed by atoms with E-state index in [1.807, 2.05) is 16.8 Å². The van der Waals surface area contributed by atoms with Crippen LogP contribution in [0.2, 0.25) is 0 Å². The first kappa shape index (κ1) is 16.6. The summed E-state index contributed by atoms with van der Waals surface area (Å²) in [5.74, 6) is 2.08. The SMILES string of the molecule is COc1ccc([C@H]2C[C@@H](c3ccc(C(C)C)cc3)Nc3nnnn32)cc1. The molecule has 0 fully saturated rings. The van der Waals surface area contributed by atoms with Crippen molar-refractivity contribution >= 4 is 5.95 Å². The summed E-state index contributed by atoms with van der Waals surface area (Å²) in [7, 11) is 1.68. The molecule has 0 amide bonds. The molecule has 0 saturated carbocycles. The maximum absolute atomic E-state index is 5.27. The number of tetrazole rings is 1. The Balaban J connectivity index is 1.65. The fourth-order valence-electron chi connectivity index (χ4n) is 3.47. The molecule has 6 nitrogen and oxygen atoms in total. The van der Waals surface area contributed by atoms with E-state index in [-0.39, 0.29) is 12.1 Å². The first-order valence-corrected chi connectivity index (χ1v) is 8.94. The summed E-state index contributed by atoms with van der Waals surface area (Å²) in [6, 6.07) is 17.2. The third-order valence-electron chi connectivity index (χ3n) is 5.06. The number of nitrogens with one attached hydrogen (secondary N) is 1. The zero-order valence-corrected chi connectivity index (χ0v) is 15.3. The van der Waals surface area contributed by atoms with E-state index in [4.69, 9.17) is 4.74 Å². The number of aromatic nitrogens is 4. The summed E-state index contributed by atoms with van der Waals surface area (Å²) in [6.45, 7) is 4.42. The van der Waals surface area contributed by atoms with Crippen molar-refractivity contribution in [2.24, 2.45) is 0 Å². The molecule has 1 aliphatic rings. The molecule has 0 bridgehead atoms. The van der Waals surface area contributed by atoms with E-state index in [1.54, 1.807) is 7.11 Å². The van der Waals surface area contributed by atoms with Crippen molar-refractivity contribution in [1.82, 2.24) is 20.2 Å². The van der Waals surface area contributed by atoms with Crippen LogP contribution in [0.4, 0.5) is 5.95 Å². The van der Waals surface area contributed by atoms with Gasteiger partial charge in [0.25, 0.3) is 0 Å². The number of nitrogens with zero attached hydrogens (tertiary/aromatic N) is 4. The summed E-state index contributed by atoms with van der Waals surface area (Å²) >= 11 is 0. The van der Waals surface area contributed by atoms with Crippen molar-refractivity contribution in [3.8, 4) is 5.75 Å². The van der Waals surface area contributed by atoms with E-state index >= 15 is 0 Å². The Hall–Kier alpha value is -2.89. The number of methoxy groups -OCH3 is 1. The van der Waals surface area contributed by atoms with Gasteiger partial charge in [-0.2, -0.15) is 0 Å². The second-order valence-corrected chi connectivity index (χ2v) is 6.99. The fraction of sp³-hybridized carbons (Fsp3) is 0.350. The van der Waals surface area contributed by atoms with Crippen molar-refractivity contribution < 1.29 is 4.74 Å². The van der Waals surface area contributed by atoms with E-state index in [2.05, 4.69) is 71.1 Å². The summed E-state index contributed by atoms with van der Waals surface area (Å²) in [5, 5.41) is 15.7. The van der Waals surface area contributed by atoms with Crippen molar-refractivity contribution in [2.45, 2.75) is 38.3 Å². The molecular formula is C20H23N5O. The van der Waals surface area contributed by atoms with Gasteiger partial charge in [0.1, 0.15) is 5.75 Å². The van der Waals surface area contributed by atoms with E-state index in [9.17, 15) is 0 Å². The summed E-state index contributed by atoms with van der Waals surface area (Å²) in [6.07, 6.45) is 0.880. The highest BCUT2D eigenvalue weighted by molar-refractivity contribution is 5.39. The van der Waals surface area contributed by atoms with Crippen LogP contribution in [0.5, 0.6) is 5.75 Å². The lowest BCUT2D eigenvalue weighted by Gasteiger charge is -2.31. The standard InChI is InChI=1S/C20H23N5O/c1-13(2)14-4-6-15(7-5-14)18-12-19(25-20(21-18)22-23-24-25)16-8-10-17(26-3)11-9-16/h4-11,13,18-19H,12H2,1-3H3,(H,21,22,24)/t18-,19+/m0/s1. The Labute approximate surface area is 153 Å². The number of benzene rings is 2. The quantitative estimate of drug-likeness (QED) is 0.772. The average molecular weight is 349 g/mol. The predicted molar refractivity (Wildman–Crippen MR) is 100 cm³/mol. The lowest BCUT2D eigenvalue weighted by atomic mass is 9.92. The van der Waals surface area contributed by atoms with Gasteiger partial charge in [-0.05, 0) is 51.6 Å². The second-order valence-electron chi connectivity index (χ2n) is 6.99. The molecule has 1 aliphatic heterocycles. The molecule has 0 unspecified atom stereocenters. The minimum atomic E-state index is 0.0851. The van der Waals surface area contributed by atoms with Crippen LogP contribution in [0.25, 0.3) is 0 Å². The number of anilines is 1. The summed E-state index contributed by atoms with van der Waals surface area (Å²) < 4.78 is 7.13. The van der Waals surface area contributed by atoms with Crippen molar-refractivity contribution in [3.63, 3.8) is 0 Å². The van der Waals surface area contributed by atoms with Crippen LogP contribution in [0, 0.1) is 0 Å². The molecule has 1 N–H and O–H groups in total. The molecule has 0 aliphatic carbocycles. The fourth-order valence-corrected chi connectivity index (χ4v) is 3.47. The molecule has 0 spiro atoms. The molecule has 2 aromatic carbocycles. The van der Waals surface area contributed by atoms with Crippen molar-refractivity contribution in [2.75, 3.05) is 12.4 Å². The van der Waals surface area contributed by atoms with Crippen LogP contribution in [0.15, 0.2) is 48.5 Å². The van der Waals surface area contributed by atoms with Gasteiger partial charge < -0.3 is 10.1 Å². The molecule has 3 aromatic rings. The van der Waals surface area contributed by atoms with Gasteiger partial charge in [-0.15, -0.1) is 0 Å². The van der Waals surface area contributed by atoms with Crippen LogP contribution in [0.3, 0.4) is 0 Å². The largest absolute Gasteiger partial charge is 0.497 e. The summed E-state index contributed by atoms with van der Waals surface area (Å²) in [5.41, 5.74) is 3.77. The van der Waals surface area contributed by atoms with Gasteiger partial charge in [0.15, 0.2) is 0 Å². The molecule has 0 saturated heterocycles. The smallest absolute Gasteiger partial charge is 0.243 e.